The first-order chi connectivity index (χ1) is 6.91. The van der Waals surface area contributed by atoms with Crippen LogP contribution < -0.4 is 11.5 Å². The number of hydrogen-bond acceptors (Lipinski definition) is 4. The Bertz CT molecular complexity index is 258. The maximum Gasteiger partial charge on any atom is 0.409 e. The third-order valence-electron chi connectivity index (χ3n) is 1.40. The van der Waals surface area contributed by atoms with Gasteiger partial charge < -0.3 is 20.9 Å². The fraction of sp³-hybridized carbons (Fsp3) is 0.333. The lowest BCUT2D eigenvalue weighted by molar-refractivity contribution is 0.181. The lowest BCUT2D eigenvalue weighted by atomic mass is 10.2. The van der Waals surface area contributed by atoms with Crippen molar-refractivity contribution in [3.05, 3.63) is 24.7 Å². The van der Waals surface area contributed by atoms with Crippen LogP contribution in [0.3, 0.4) is 0 Å². The van der Waals surface area contributed by atoms with Crippen LogP contribution in [0.25, 0.3) is 0 Å². The van der Waals surface area contributed by atoms with E-state index in [4.69, 9.17) is 11.5 Å². The Morgan fingerprint density at radius 1 is 0.933 bits per heavy atom. The highest BCUT2D eigenvalue weighted by Gasteiger charge is 2.03. The van der Waals surface area contributed by atoms with Crippen LogP contribution >= 0.6 is 0 Å². The van der Waals surface area contributed by atoms with Gasteiger partial charge in [0.25, 0.3) is 0 Å². The molecule has 0 aromatic carbocycles. The fourth-order valence-electron chi connectivity index (χ4n) is 0.869. The molecule has 0 unspecified atom stereocenters. The van der Waals surface area contributed by atoms with E-state index in [1.54, 1.807) is 0 Å². The average Bonchev–Trinajstić information content (AvgIpc) is 2.00. The van der Waals surface area contributed by atoms with Crippen LogP contribution in [0.1, 0.15) is 19.3 Å². The van der Waals surface area contributed by atoms with Crippen LogP contribution in [-0.2, 0) is 9.47 Å². The van der Waals surface area contributed by atoms with Gasteiger partial charge in [-0.25, -0.2) is 9.59 Å². The van der Waals surface area contributed by atoms with E-state index in [1.165, 1.54) is 0 Å². The number of hydrogen-bond donors (Lipinski definition) is 2. The van der Waals surface area contributed by atoms with Crippen LogP contribution in [0, 0.1) is 0 Å². The maximum atomic E-state index is 10.3. The Morgan fingerprint density at radius 2 is 1.27 bits per heavy atom. The SMILES string of the molecule is C=C(CCCC(=C)OC(N)=O)OC(N)=O. The smallest absolute Gasteiger partial charge is 0.409 e. The lowest BCUT2D eigenvalue weighted by Gasteiger charge is -2.06. The summed E-state index contributed by atoms with van der Waals surface area (Å²) in [5.41, 5.74) is 9.53. The van der Waals surface area contributed by atoms with E-state index in [1.807, 2.05) is 0 Å². The van der Waals surface area contributed by atoms with Crippen LogP contribution in [0.2, 0.25) is 0 Å². The third kappa shape index (κ3) is 8.35. The average molecular weight is 214 g/mol. The van der Waals surface area contributed by atoms with Gasteiger partial charge in [0, 0.05) is 12.8 Å². The molecule has 15 heavy (non-hydrogen) atoms. The summed E-state index contributed by atoms with van der Waals surface area (Å²) in [6, 6.07) is 0. The summed E-state index contributed by atoms with van der Waals surface area (Å²) < 4.78 is 8.99. The minimum atomic E-state index is -0.896. The first-order valence-electron chi connectivity index (χ1n) is 4.22. The van der Waals surface area contributed by atoms with Gasteiger partial charge in [-0.05, 0) is 6.42 Å². The number of carbonyl (C=O) groups excluding carboxylic acids is 2. The molecule has 0 aromatic rings. The van der Waals surface area contributed by atoms with Crippen LogP contribution in [-0.4, -0.2) is 12.2 Å². The zero-order valence-corrected chi connectivity index (χ0v) is 8.32. The first kappa shape index (κ1) is 13.0. The highest BCUT2D eigenvalue weighted by molar-refractivity contribution is 5.66. The molecule has 0 bridgehead atoms. The third-order valence-corrected chi connectivity index (χ3v) is 1.40. The number of allylic oxidation sites excluding steroid dienone is 2. The Labute approximate surface area is 87.5 Å². The zero-order valence-electron chi connectivity index (χ0n) is 8.32. The van der Waals surface area contributed by atoms with E-state index in [9.17, 15) is 9.59 Å². The van der Waals surface area contributed by atoms with Crippen molar-refractivity contribution in [1.29, 1.82) is 0 Å². The molecule has 0 rings (SSSR count). The van der Waals surface area contributed by atoms with Gasteiger partial charge in [-0.2, -0.15) is 0 Å². The summed E-state index contributed by atoms with van der Waals surface area (Å²) >= 11 is 0. The lowest BCUT2D eigenvalue weighted by Crippen LogP contribution is -2.13. The van der Waals surface area contributed by atoms with Gasteiger partial charge in [-0.15, -0.1) is 0 Å². The molecule has 6 nitrogen and oxygen atoms in total. The highest BCUT2D eigenvalue weighted by Crippen LogP contribution is 2.11. The number of amides is 2. The van der Waals surface area contributed by atoms with Crippen molar-refractivity contribution in [3.63, 3.8) is 0 Å². The van der Waals surface area contributed by atoms with Crippen molar-refractivity contribution in [2.24, 2.45) is 11.5 Å². The second-order valence-electron chi connectivity index (χ2n) is 2.77. The summed E-state index contributed by atoms with van der Waals surface area (Å²) in [7, 11) is 0. The molecule has 0 aliphatic rings. The van der Waals surface area contributed by atoms with Gasteiger partial charge in [-0.1, -0.05) is 13.2 Å². The molecule has 0 atom stereocenters. The van der Waals surface area contributed by atoms with Crippen molar-refractivity contribution >= 4 is 12.2 Å². The van der Waals surface area contributed by atoms with E-state index in [0.29, 0.717) is 19.3 Å². The van der Waals surface area contributed by atoms with Crippen molar-refractivity contribution in [1.82, 2.24) is 0 Å². The van der Waals surface area contributed by atoms with E-state index < -0.39 is 12.2 Å². The number of rotatable bonds is 6. The Morgan fingerprint density at radius 3 is 1.53 bits per heavy atom. The predicted octanol–water partition coefficient (Wildman–Crippen LogP) is 1.37. The van der Waals surface area contributed by atoms with Crippen molar-refractivity contribution in [2.45, 2.75) is 19.3 Å². The minimum absolute atomic E-state index is 0.259. The van der Waals surface area contributed by atoms with Crippen LogP contribution in [0.15, 0.2) is 24.7 Å². The molecule has 2 amide bonds. The van der Waals surface area contributed by atoms with Crippen LogP contribution in [0.5, 0.6) is 0 Å². The molecule has 84 valence electrons. The Hall–Kier alpha value is -1.98. The van der Waals surface area contributed by atoms with E-state index in [2.05, 4.69) is 22.6 Å². The Balaban J connectivity index is 3.61. The second-order valence-corrected chi connectivity index (χ2v) is 2.77. The summed E-state index contributed by atoms with van der Waals surface area (Å²) in [5, 5.41) is 0. The standard InChI is InChI=1S/C9H14N2O4/c1-6(14-8(10)12)4-3-5-7(2)15-9(11)13/h1-5H2,(H2,10,12)(H2,11,13). The van der Waals surface area contributed by atoms with E-state index >= 15 is 0 Å². The molecule has 0 aliphatic carbocycles. The number of ether oxygens (including phenoxy) is 2. The van der Waals surface area contributed by atoms with Crippen molar-refractivity contribution < 1.29 is 19.1 Å². The fourth-order valence-corrected chi connectivity index (χ4v) is 0.869. The molecule has 0 aliphatic heterocycles. The Kier molecular flexibility index (Phi) is 5.62. The normalized spacial score (nSPS) is 9.07. The molecular formula is C9H14N2O4. The zero-order chi connectivity index (χ0) is 11.8. The number of primary amides is 2. The van der Waals surface area contributed by atoms with Gasteiger partial charge in [0.1, 0.15) is 11.5 Å². The van der Waals surface area contributed by atoms with Gasteiger partial charge in [0.2, 0.25) is 0 Å². The highest BCUT2D eigenvalue weighted by atomic mass is 16.6. The quantitative estimate of drug-likeness (QED) is 0.651. The first-order valence-corrected chi connectivity index (χ1v) is 4.22. The second kappa shape index (κ2) is 6.47. The molecular weight excluding hydrogens is 200 g/mol. The van der Waals surface area contributed by atoms with Gasteiger partial charge in [0.05, 0.1) is 0 Å². The maximum absolute atomic E-state index is 10.3. The number of carbonyl (C=O) groups is 2. The van der Waals surface area contributed by atoms with Gasteiger partial charge in [-0.3, -0.25) is 0 Å². The molecule has 0 saturated carbocycles. The molecule has 4 N–H and O–H groups in total. The monoisotopic (exact) mass is 214 g/mol. The minimum Gasteiger partial charge on any atom is -0.416 e. The molecule has 6 heteroatoms. The van der Waals surface area contributed by atoms with Crippen LogP contribution in [0.4, 0.5) is 9.59 Å². The molecule has 0 radical (unpaired) electrons. The largest absolute Gasteiger partial charge is 0.416 e. The molecule has 0 aromatic heterocycles. The van der Waals surface area contributed by atoms with Gasteiger partial charge >= 0.3 is 12.2 Å². The predicted molar refractivity (Wildman–Crippen MR) is 53.5 cm³/mol. The van der Waals surface area contributed by atoms with Gasteiger partial charge in [0.15, 0.2) is 0 Å². The van der Waals surface area contributed by atoms with E-state index in [0.717, 1.165) is 0 Å². The molecule has 0 saturated heterocycles. The molecule has 0 spiro atoms. The summed E-state index contributed by atoms with van der Waals surface area (Å²) in [5.74, 6) is 0.517. The topological polar surface area (TPSA) is 105 Å². The van der Waals surface area contributed by atoms with E-state index in [-0.39, 0.29) is 11.5 Å². The van der Waals surface area contributed by atoms with Crippen molar-refractivity contribution in [2.75, 3.05) is 0 Å². The van der Waals surface area contributed by atoms with Crippen molar-refractivity contribution in [3.8, 4) is 0 Å². The molecule has 0 fully saturated rings. The summed E-state index contributed by atoms with van der Waals surface area (Å²) in [6.45, 7) is 6.93. The summed E-state index contributed by atoms with van der Waals surface area (Å²) in [4.78, 5) is 20.6. The number of nitrogens with two attached hydrogens (primary N) is 2. The summed E-state index contributed by atoms with van der Waals surface area (Å²) in [6.07, 6.45) is -0.383. The molecule has 0 heterocycles.